The molecule has 0 amide bonds. The molecule has 92 valence electrons. The van der Waals surface area contributed by atoms with Crippen LogP contribution >= 0.6 is 0 Å². The molecular formula is C17H19N. The molecule has 1 aliphatic carbocycles. The molecule has 0 aliphatic heterocycles. The van der Waals surface area contributed by atoms with Crippen LogP contribution in [0.4, 0.5) is 0 Å². The molecule has 2 atom stereocenters. The summed E-state index contributed by atoms with van der Waals surface area (Å²) in [5.74, 6) is 0.562. The average molecular weight is 237 g/mol. The molecule has 1 unspecified atom stereocenters. The molecule has 0 saturated heterocycles. The fourth-order valence-electron chi connectivity index (χ4n) is 3.12. The van der Waals surface area contributed by atoms with E-state index in [1.54, 1.807) is 0 Å². The number of hydrogen-bond acceptors (Lipinski definition) is 1. The predicted octanol–water partition coefficient (Wildman–Crippen LogP) is 3.87. The number of rotatable bonds is 2. The minimum absolute atomic E-state index is 0.515. The molecule has 1 heteroatoms. The second-order valence-corrected chi connectivity index (χ2v) is 5.01. The van der Waals surface area contributed by atoms with Gasteiger partial charge in [0.05, 0.1) is 0 Å². The number of benzene rings is 2. The largest absolute Gasteiger partial charge is 0.313 e. The van der Waals surface area contributed by atoms with E-state index in [9.17, 15) is 0 Å². The average Bonchev–Trinajstić information content (AvgIpc) is 2.47. The number of nitrogens with one attached hydrogen (secondary N) is 1. The van der Waals surface area contributed by atoms with Crippen LogP contribution in [0.5, 0.6) is 0 Å². The van der Waals surface area contributed by atoms with E-state index in [1.807, 2.05) is 0 Å². The van der Waals surface area contributed by atoms with Crippen molar-refractivity contribution < 1.29 is 0 Å². The molecule has 0 bridgehead atoms. The molecular weight excluding hydrogens is 218 g/mol. The van der Waals surface area contributed by atoms with Gasteiger partial charge in [0.2, 0.25) is 0 Å². The van der Waals surface area contributed by atoms with Gasteiger partial charge in [0.15, 0.2) is 0 Å². The lowest BCUT2D eigenvalue weighted by molar-refractivity contribution is 0.471. The minimum atomic E-state index is 0.515. The first kappa shape index (κ1) is 11.5. The van der Waals surface area contributed by atoms with Crippen LogP contribution in [0.1, 0.15) is 41.5 Å². The van der Waals surface area contributed by atoms with Gasteiger partial charge in [0.25, 0.3) is 0 Å². The maximum Gasteiger partial charge on any atom is 0.0320 e. The summed E-state index contributed by atoms with van der Waals surface area (Å²) in [5, 5.41) is 3.43. The Hall–Kier alpha value is -1.60. The Kier molecular flexibility index (Phi) is 3.16. The topological polar surface area (TPSA) is 12.0 Å². The van der Waals surface area contributed by atoms with Crippen molar-refractivity contribution >= 4 is 0 Å². The fourth-order valence-corrected chi connectivity index (χ4v) is 3.12. The number of fused-ring (bicyclic) bond motifs is 1. The quantitative estimate of drug-likeness (QED) is 0.836. The second kappa shape index (κ2) is 4.95. The predicted molar refractivity (Wildman–Crippen MR) is 75.8 cm³/mol. The first-order valence-electron chi connectivity index (χ1n) is 6.71. The molecule has 0 heterocycles. The van der Waals surface area contributed by atoms with Gasteiger partial charge < -0.3 is 5.32 Å². The Morgan fingerprint density at radius 3 is 2.22 bits per heavy atom. The third kappa shape index (κ3) is 1.95. The van der Waals surface area contributed by atoms with Crippen LogP contribution in [-0.4, -0.2) is 7.05 Å². The van der Waals surface area contributed by atoms with Gasteiger partial charge in [-0.15, -0.1) is 0 Å². The van der Waals surface area contributed by atoms with Crippen LogP contribution in [-0.2, 0) is 0 Å². The Morgan fingerprint density at radius 1 is 0.833 bits per heavy atom. The van der Waals surface area contributed by atoms with Crippen molar-refractivity contribution in [3.05, 3.63) is 71.3 Å². The highest BCUT2D eigenvalue weighted by Gasteiger charge is 2.26. The van der Waals surface area contributed by atoms with E-state index < -0.39 is 0 Å². The van der Waals surface area contributed by atoms with E-state index >= 15 is 0 Å². The van der Waals surface area contributed by atoms with E-state index in [4.69, 9.17) is 0 Å². The van der Waals surface area contributed by atoms with Gasteiger partial charge in [-0.25, -0.2) is 0 Å². The smallest absolute Gasteiger partial charge is 0.0320 e. The molecule has 18 heavy (non-hydrogen) atoms. The zero-order chi connectivity index (χ0) is 12.4. The van der Waals surface area contributed by atoms with Gasteiger partial charge in [-0.2, -0.15) is 0 Å². The molecule has 2 aromatic carbocycles. The van der Waals surface area contributed by atoms with Crippen LogP contribution in [0.3, 0.4) is 0 Å². The van der Waals surface area contributed by atoms with Gasteiger partial charge >= 0.3 is 0 Å². The molecule has 0 spiro atoms. The second-order valence-electron chi connectivity index (χ2n) is 5.01. The highest BCUT2D eigenvalue weighted by atomic mass is 14.9. The van der Waals surface area contributed by atoms with Crippen LogP contribution in [0, 0.1) is 0 Å². The van der Waals surface area contributed by atoms with Crippen molar-refractivity contribution in [1.82, 2.24) is 5.32 Å². The molecule has 0 saturated carbocycles. The van der Waals surface area contributed by atoms with Gasteiger partial charge in [-0.05, 0) is 36.6 Å². The Bertz CT molecular complexity index is 518. The minimum Gasteiger partial charge on any atom is -0.313 e. The summed E-state index contributed by atoms with van der Waals surface area (Å²) in [6.45, 7) is 0. The summed E-state index contributed by atoms with van der Waals surface area (Å²) in [4.78, 5) is 0. The lowest BCUT2D eigenvalue weighted by atomic mass is 9.77. The van der Waals surface area contributed by atoms with Crippen molar-refractivity contribution in [3.63, 3.8) is 0 Å². The summed E-state index contributed by atoms with van der Waals surface area (Å²) in [7, 11) is 2.06. The van der Waals surface area contributed by atoms with Crippen LogP contribution in [0.15, 0.2) is 54.6 Å². The zero-order valence-corrected chi connectivity index (χ0v) is 10.8. The summed E-state index contributed by atoms with van der Waals surface area (Å²) in [6.07, 6.45) is 2.44. The van der Waals surface area contributed by atoms with Crippen LogP contribution < -0.4 is 5.32 Å². The maximum absolute atomic E-state index is 3.43. The zero-order valence-electron chi connectivity index (χ0n) is 10.8. The third-order valence-electron chi connectivity index (χ3n) is 4.04. The first-order valence-corrected chi connectivity index (χ1v) is 6.71. The molecule has 1 nitrogen and oxygen atoms in total. The Morgan fingerprint density at radius 2 is 1.50 bits per heavy atom. The van der Waals surface area contributed by atoms with Gasteiger partial charge in [0.1, 0.15) is 0 Å². The Balaban J connectivity index is 2.04. The van der Waals surface area contributed by atoms with Gasteiger partial charge in [-0.1, -0.05) is 54.6 Å². The molecule has 1 aliphatic rings. The molecule has 0 radical (unpaired) electrons. The maximum atomic E-state index is 3.43. The van der Waals surface area contributed by atoms with Crippen molar-refractivity contribution in [2.75, 3.05) is 7.05 Å². The lowest BCUT2D eigenvalue weighted by Gasteiger charge is -2.31. The van der Waals surface area contributed by atoms with E-state index in [0.717, 1.165) is 0 Å². The molecule has 1 N–H and O–H groups in total. The van der Waals surface area contributed by atoms with Crippen LogP contribution in [0.2, 0.25) is 0 Å². The fraction of sp³-hybridized carbons (Fsp3) is 0.294. The summed E-state index contributed by atoms with van der Waals surface area (Å²) < 4.78 is 0. The standard InChI is InChI=1S/C17H19N/c1-18-17-12-11-14(13-7-3-2-4-8-13)15-9-5-6-10-16(15)17/h2-10,14,17-18H,11-12H2,1H3/t14-,17?/m1/s1. The van der Waals surface area contributed by atoms with Crippen molar-refractivity contribution in [3.8, 4) is 0 Å². The van der Waals surface area contributed by atoms with E-state index in [2.05, 4.69) is 67.0 Å². The van der Waals surface area contributed by atoms with E-state index in [-0.39, 0.29) is 0 Å². The van der Waals surface area contributed by atoms with Crippen molar-refractivity contribution in [2.45, 2.75) is 24.8 Å². The normalized spacial score (nSPS) is 22.5. The highest BCUT2D eigenvalue weighted by Crippen LogP contribution is 2.40. The Labute approximate surface area is 109 Å². The third-order valence-corrected chi connectivity index (χ3v) is 4.04. The molecule has 0 fully saturated rings. The van der Waals surface area contributed by atoms with Crippen molar-refractivity contribution in [1.29, 1.82) is 0 Å². The molecule has 3 rings (SSSR count). The molecule has 0 aromatic heterocycles. The first-order chi connectivity index (χ1) is 8.90. The number of hydrogen-bond donors (Lipinski definition) is 1. The van der Waals surface area contributed by atoms with E-state index in [0.29, 0.717) is 12.0 Å². The monoisotopic (exact) mass is 237 g/mol. The van der Waals surface area contributed by atoms with Crippen molar-refractivity contribution in [2.24, 2.45) is 0 Å². The lowest BCUT2D eigenvalue weighted by Crippen LogP contribution is -2.24. The SMILES string of the molecule is CNC1CC[C@H](c2ccccc2)c2ccccc21. The van der Waals surface area contributed by atoms with Gasteiger partial charge in [0, 0.05) is 12.0 Å². The summed E-state index contributed by atoms with van der Waals surface area (Å²) in [6, 6.07) is 20.3. The molecule has 2 aromatic rings. The summed E-state index contributed by atoms with van der Waals surface area (Å²) >= 11 is 0. The van der Waals surface area contributed by atoms with Crippen LogP contribution in [0.25, 0.3) is 0 Å². The highest BCUT2D eigenvalue weighted by molar-refractivity contribution is 5.41. The van der Waals surface area contributed by atoms with E-state index in [1.165, 1.54) is 29.5 Å². The summed E-state index contributed by atoms with van der Waals surface area (Å²) in [5.41, 5.74) is 4.41. The van der Waals surface area contributed by atoms with Gasteiger partial charge in [-0.3, -0.25) is 0 Å².